The van der Waals surface area contributed by atoms with Crippen molar-refractivity contribution in [3.05, 3.63) is 0 Å². The molecule has 0 aliphatic carbocycles. The van der Waals surface area contributed by atoms with E-state index in [0.29, 0.717) is 0 Å². The summed E-state index contributed by atoms with van der Waals surface area (Å²) in [5, 5.41) is 1.18. The van der Waals surface area contributed by atoms with Gasteiger partial charge in [0, 0.05) is 11.9 Å². The van der Waals surface area contributed by atoms with E-state index in [0.717, 1.165) is 5.92 Å². The number of hydrogen-bond acceptors (Lipinski definition) is 1. The van der Waals surface area contributed by atoms with Crippen molar-refractivity contribution in [2.24, 2.45) is 5.92 Å². The lowest BCUT2D eigenvalue weighted by Crippen LogP contribution is -2.35. The number of rotatable bonds is 4. The third-order valence-corrected chi connectivity index (χ3v) is 3.12. The van der Waals surface area contributed by atoms with Gasteiger partial charge in [-0.2, -0.15) is 0 Å². The van der Waals surface area contributed by atoms with Crippen LogP contribution in [0.25, 0.3) is 0 Å². The van der Waals surface area contributed by atoms with Crippen LogP contribution in [0.3, 0.4) is 0 Å². The molecule has 0 aromatic heterocycles. The van der Waals surface area contributed by atoms with Crippen LogP contribution in [-0.4, -0.2) is 29.9 Å². The van der Waals surface area contributed by atoms with Crippen LogP contribution in [0.15, 0.2) is 0 Å². The Kier molecular flexibility index (Phi) is 5.24. The highest BCUT2D eigenvalue weighted by molar-refractivity contribution is 9.09. The van der Waals surface area contributed by atoms with Crippen LogP contribution >= 0.6 is 15.9 Å². The Hall–Kier alpha value is 0.440. The molecule has 0 aromatic carbocycles. The molecule has 72 valence electrons. The number of nitrogens with zero attached hydrogens (tertiary/aromatic N) is 1. The van der Waals surface area contributed by atoms with Crippen molar-refractivity contribution in [1.29, 1.82) is 0 Å². The maximum absolute atomic E-state index is 3.53. The smallest absolute Gasteiger partial charge is 0.00344 e. The van der Waals surface area contributed by atoms with Crippen LogP contribution in [0, 0.1) is 5.92 Å². The highest BCUT2D eigenvalue weighted by atomic mass is 79.9. The first-order valence-electron chi connectivity index (χ1n) is 5.15. The Morgan fingerprint density at radius 1 is 1.50 bits per heavy atom. The minimum atomic E-state index is 0.963. The van der Waals surface area contributed by atoms with E-state index in [1.54, 1.807) is 0 Å². The number of alkyl halides is 1. The van der Waals surface area contributed by atoms with Crippen LogP contribution < -0.4 is 0 Å². The Morgan fingerprint density at radius 3 is 3.00 bits per heavy atom. The van der Waals surface area contributed by atoms with E-state index < -0.39 is 0 Å². The normalized spacial score (nSPS) is 26.0. The van der Waals surface area contributed by atoms with Gasteiger partial charge >= 0.3 is 0 Å². The molecule has 1 aliphatic rings. The molecule has 1 aliphatic heterocycles. The van der Waals surface area contributed by atoms with Gasteiger partial charge in [0.2, 0.25) is 0 Å². The van der Waals surface area contributed by atoms with E-state index in [1.165, 1.54) is 50.6 Å². The molecule has 0 aromatic rings. The minimum Gasteiger partial charge on any atom is -0.303 e. The summed E-state index contributed by atoms with van der Waals surface area (Å²) in [5.74, 6) is 0.963. The van der Waals surface area contributed by atoms with Crippen molar-refractivity contribution in [2.45, 2.75) is 32.6 Å². The van der Waals surface area contributed by atoms with Crippen molar-refractivity contribution >= 4 is 15.9 Å². The molecule has 1 rings (SSSR count). The van der Waals surface area contributed by atoms with E-state index >= 15 is 0 Å². The van der Waals surface area contributed by atoms with Crippen molar-refractivity contribution in [2.75, 3.05) is 25.0 Å². The van der Waals surface area contributed by atoms with E-state index in [4.69, 9.17) is 0 Å². The van der Waals surface area contributed by atoms with Crippen LogP contribution in [0.1, 0.15) is 32.6 Å². The first kappa shape index (κ1) is 10.5. The molecular formula is C10H20BrN. The maximum atomic E-state index is 3.53. The second kappa shape index (κ2) is 5.98. The monoisotopic (exact) mass is 233 g/mol. The van der Waals surface area contributed by atoms with Crippen molar-refractivity contribution in [3.63, 3.8) is 0 Å². The average Bonchev–Trinajstić information content (AvgIpc) is 2.06. The molecule has 1 fully saturated rings. The Morgan fingerprint density at radius 2 is 2.33 bits per heavy atom. The average molecular weight is 234 g/mol. The lowest BCUT2D eigenvalue weighted by Gasteiger charge is -2.32. The fraction of sp³-hybridized carbons (Fsp3) is 1.00. The van der Waals surface area contributed by atoms with E-state index in [-0.39, 0.29) is 0 Å². The molecule has 1 atom stereocenters. The second-order valence-electron chi connectivity index (χ2n) is 3.79. The van der Waals surface area contributed by atoms with E-state index in [9.17, 15) is 0 Å². The summed E-state index contributed by atoms with van der Waals surface area (Å²) in [7, 11) is 0. The largest absolute Gasteiger partial charge is 0.303 e. The molecule has 1 unspecified atom stereocenters. The predicted molar refractivity (Wildman–Crippen MR) is 57.9 cm³/mol. The highest BCUT2D eigenvalue weighted by Crippen LogP contribution is 2.20. The zero-order chi connectivity index (χ0) is 8.81. The molecule has 0 saturated carbocycles. The predicted octanol–water partition coefficient (Wildman–Crippen LogP) is 2.89. The van der Waals surface area contributed by atoms with Crippen LogP contribution in [0.5, 0.6) is 0 Å². The summed E-state index contributed by atoms with van der Waals surface area (Å²) in [6.45, 7) is 6.26. The van der Waals surface area contributed by atoms with Gasteiger partial charge in [0.25, 0.3) is 0 Å². The summed E-state index contributed by atoms with van der Waals surface area (Å²) < 4.78 is 0. The first-order chi connectivity index (χ1) is 5.86. The Labute approximate surface area is 84.6 Å². The number of piperidine rings is 1. The maximum Gasteiger partial charge on any atom is 0.00344 e. The molecule has 2 heteroatoms. The lowest BCUT2D eigenvalue weighted by molar-refractivity contribution is 0.173. The fourth-order valence-electron chi connectivity index (χ4n) is 2.06. The van der Waals surface area contributed by atoms with Crippen LogP contribution in [0.4, 0.5) is 0 Å². The fourth-order valence-corrected chi connectivity index (χ4v) is 2.71. The topological polar surface area (TPSA) is 3.24 Å². The van der Waals surface area contributed by atoms with Crippen molar-refractivity contribution in [1.82, 2.24) is 4.90 Å². The van der Waals surface area contributed by atoms with Gasteiger partial charge in [-0.1, -0.05) is 22.9 Å². The Bertz CT molecular complexity index is 100. The molecule has 1 nitrogen and oxygen atoms in total. The van der Waals surface area contributed by atoms with Gasteiger partial charge in [-0.05, 0) is 44.7 Å². The molecule has 1 heterocycles. The minimum absolute atomic E-state index is 0.963. The molecule has 12 heavy (non-hydrogen) atoms. The molecular weight excluding hydrogens is 214 g/mol. The lowest BCUT2D eigenvalue weighted by atomic mass is 9.95. The van der Waals surface area contributed by atoms with Crippen molar-refractivity contribution in [3.8, 4) is 0 Å². The standard InChI is InChI=1S/C10H20BrN/c1-2-7-12-8-3-4-10(9-12)5-6-11/h10H,2-9H2,1H3. The van der Waals surface area contributed by atoms with Gasteiger partial charge in [0.1, 0.15) is 0 Å². The number of hydrogen-bond donors (Lipinski definition) is 0. The Balaban J connectivity index is 2.20. The first-order valence-corrected chi connectivity index (χ1v) is 6.27. The summed E-state index contributed by atoms with van der Waals surface area (Å²) in [5.41, 5.74) is 0. The SMILES string of the molecule is CCCN1CCCC(CCBr)C1. The second-order valence-corrected chi connectivity index (χ2v) is 4.58. The summed E-state index contributed by atoms with van der Waals surface area (Å²) >= 11 is 3.53. The molecule has 0 spiro atoms. The number of halogens is 1. The highest BCUT2D eigenvalue weighted by Gasteiger charge is 2.17. The molecule has 0 amide bonds. The van der Waals surface area contributed by atoms with Crippen LogP contribution in [0.2, 0.25) is 0 Å². The number of likely N-dealkylation sites (tertiary alicyclic amines) is 1. The molecule has 0 bridgehead atoms. The zero-order valence-electron chi connectivity index (χ0n) is 8.06. The van der Waals surface area contributed by atoms with Gasteiger partial charge in [0.15, 0.2) is 0 Å². The van der Waals surface area contributed by atoms with Gasteiger partial charge in [0.05, 0.1) is 0 Å². The van der Waals surface area contributed by atoms with Gasteiger partial charge in [-0.15, -0.1) is 0 Å². The molecule has 0 radical (unpaired) electrons. The molecule has 1 saturated heterocycles. The van der Waals surface area contributed by atoms with Gasteiger partial charge in [-0.25, -0.2) is 0 Å². The zero-order valence-corrected chi connectivity index (χ0v) is 9.65. The third kappa shape index (κ3) is 3.44. The van der Waals surface area contributed by atoms with Crippen LogP contribution in [-0.2, 0) is 0 Å². The van der Waals surface area contributed by atoms with Gasteiger partial charge < -0.3 is 4.90 Å². The third-order valence-electron chi connectivity index (χ3n) is 2.66. The summed E-state index contributed by atoms with van der Waals surface area (Å²) in [6, 6.07) is 0. The van der Waals surface area contributed by atoms with E-state index in [1.807, 2.05) is 0 Å². The molecule has 0 N–H and O–H groups in total. The quantitative estimate of drug-likeness (QED) is 0.676. The summed E-state index contributed by atoms with van der Waals surface area (Å²) in [6.07, 6.45) is 5.53. The van der Waals surface area contributed by atoms with Gasteiger partial charge in [-0.3, -0.25) is 0 Å². The van der Waals surface area contributed by atoms with E-state index in [2.05, 4.69) is 27.8 Å². The summed E-state index contributed by atoms with van der Waals surface area (Å²) in [4.78, 5) is 2.62. The van der Waals surface area contributed by atoms with Crippen molar-refractivity contribution < 1.29 is 0 Å².